The molecule has 1 unspecified atom stereocenters. The van der Waals surface area contributed by atoms with Gasteiger partial charge in [0.15, 0.2) is 0 Å². The van der Waals surface area contributed by atoms with Gasteiger partial charge in [-0.2, -0.15) is 0 Å². The summed E-state index contributed by atoms with van der Waals surface area (Å²) < 4.78 is 5.39. The van der Waals surface area contributed by atoms with Crippen molar-refractivity contribution < 1.29 is 9.53 Å². The molecule has 146 valence electrons. The Morgan fingerprint density at radius 2 is 1.93 bits per heavy atom. The number of aliphatic imine (C=N–C) groups is 1. The van der Waals surface area contributed by atoms with Gasteiger partial charge in [-0.1, -0.05) is 42.1 Å². The number of ether oxygens (including phenoxy) is 1. The van der Waals surface area contributed by atoms with Crippen LogP contribution in [0.5, 0.6) is 0 Å². The summed E-state index contributed by atoms with van der Waals surface area (Å²) in [5.74, 6) is 0.00425. The van der Waals surface area contributed by atoms with Crippen LogP contribution >= 0.6 is 11.8 Å². The summed E-state index contributed by atoms with van der Waals surface area (Å²) in [5, 5.41) is 3.83. The number of thioether (sulfide) groups is 1. The number of carbonyl (C=O) groups excluding carboxylic acids is 1. The fraction of sp³-hybridized carbons (Fsp3) is 0.364. The van der Waals surface area contributed by atoms with E-state index >= 15 is 0 Å². The van der Waals surface area contributed by atoms with E-state index in [1.807, 2.05) is 37.3 Å². The average Bonchev–Trinajstić information content (AvgIpc) is 3.12. The smallest absolute Gasteiger partial charge is 0.237 e. The zero-order valence-corrected chi connectivity index (χ0v) is 16.9. The number of carbonyl (C=O) groups is 1. The molecule has 2 aromatic carbocycles. The number of nitrogens with zero attached hydrogens (tertiary/aromatic N) is 2. The third-order valence-corrected chi connectivity index (χ3v) is 6.07. The second-order valence-corrected chi connectivity index (χ2v) is 8.56. The Morgan fingerprint density at radius 3 is 2.68 bits per heavy atom. The molecule has 2 aliphatic heterocycles. The lowest BCUT2D eigenvalue weighted by molar-refractivity contribution is -0.115. The Balaban J connectivity index is 1.28. The molecule has 0 aliphatic carbocycles. The van der Waals surface area contributed by atoms with E-state index in [-0.39, 0.29) is 11.2 Å². The van der Waals surface area contributed by atoms with Gasteiger partial charge >= 0.3 is 0 Å². The van der Waals surface area contributed by atoms with E-state index in [0.29, 0.717) is 0 Å². The minimum Gasteiger partial charge on any atom is -0.379 e. The molecule has 0 radical (unpaired) electrons. The largest absolute Gasteiger partial charge is 0.379 e. The number of anilines is 1. The van der Waals surface area contributed by atoms with Crippen molar-refractivity contribution >= 4 is 34.1 Å². The van der Waals surface area contributed by atoms with Gasteiger partial charge in [0.05, 0.1) is 29.2 Å². The van der Waals surface area contributed by atoms with Crippen LogP contribution in [0.25, 0.3) is 0 Å². The van der Waals surface area contributed by atoms with Gasteiger partial charge in [-0.15, -0.1) is 0 Å². The van der Waals surface area contributed by atoms with Gasteiger partial charge < -0.3 is 10.1 Å². The molecule has 2 aliphatic rings. The summed E-state index contributed by atoms with van der Waals surface area (Å²) in [5.41, 5.74) is 4.34. The second-order valence-electron chi connectivity index (χ2n) is 7.15. The van der Waals surface area contributed by atoms with Gasteiger partial charge in [0.1, 0.15) is 0 Å². The Morgan fingerprint density at radius 1 is 1.18 bits per heavy atom. The summed E-state index contributed by atoms with van der Waals surface area (Å²) in [6.07, 6.45) is 0.814. The molecule has 1 saturated heterocycles. The molecule has 1 fully saturated rings. The number of nitrogens with one attached hydrogen (secondary N) is 1. The van der Waals surface area contributed by atoms with E-state index < -0.39 is 0 Å². The molecule has 0 aromatic heterocycles. The lowest BCUT2D eigenvalue weighted by atomic mass is 10.2. The summed E-state index contributed by atoms with van der Waals surface area (Å²) in [6.45, 7) is 6.41. The first-order valence-electron chi connectivity index (χ1n) is 9.69. The molecule has 4 rings (SSSR count). The number of amides is 1. The zero-order chi connectivity index (χ0) is 19.3. The van der Waals surface area contributed by atoms with Crippen LogP contribution in [0.3, 0.4) is 0 Å². The number of benzene rings is 2. The van der Waals surface area contributed by atoms with Crippen LogP contribution in [0.4, 0.5) is 11.4 Å². The fourth-order valence-electron chi connectivity index (χ4n) is 3.39. The Kier molecular flexibility index (Phi) is 6.10. The van der Waals surface area contributed by atoms with Gasteiger partial charge in [0.2, 0.25) is 5.91 Å². The topological polar surface area (TPSA) is 53.9 Å². The van der Waals surface area contributed by atoms with Crippen LogP contribution in [0.1, 0.15) is 18.1 Å². The van der Waals surface area contributed by atoms with Crippen molar-refractivity contribution in [3.63, 3.8) is 0 Å². The molecular formula is C22H25N3O2S. The normalized spacial score (nSPS) is 17.7. The number of hydrogen-bond acceptors (Lipinski definition) is 5. The van der Waals surface area contributed by atoms with E-state index in [1.54, 1.807) is 0 Å². The summed E-state index contributed by atoms with van der Waals surface area (Å²) in [4.78, 5) is 19.6. The van der Waals surface area contributed by atoms with Crippen molar-refractivity contribution in [2.24, 2.45) is 4.99 Å². The maximum atomic E-state index is 12.6. The Bertz CT molecular complexity index is 860. The van der Waals surface area contributed by atoms with Gasteiger partial charge in [-0.05, 0) is 36.2 Å². The molecule has 5 nitrogen and oxygen atoms in total. The maximum Gasteiger partial charge on any atom is 0.237 e. The number of rotatable bonds is 5. The summed E-state index contributed by atoms with van der Waals surface area (Å²) >= 11 is 1.54. The molecule has 2 aromatic rings. The van der Waals surface area contributed by atoms with E-state index in [1.165, 1.54) is 22.9 Å². The number of morpholine rings is 1. The van der Waals surface area contributed by atoms with Crippen molar-refractivity contribution in [2.75, 3.05) is 31.6 Å². The Hall–Kier alpha value is -2.15. The van der Waals surface area contributed by atoms with E-state index in [2.05, 4.69) is 33.4 Å². The van der Waals surface area contributed by atoms with Crippen LogP contribution in [0, 0.1) is 0 Å². The molecule has 2 heterocycles. The van der Waals surface area contributed by atoms with Crippen molar-refractivity contribution in [3.05, 3.63) is 59.7 Å². The first-order chi connectivity index (χ1) is 13.7. The highest BCUT2D eigenvalue weighted by Crippen LogP contribution is 2.31. The number of hydrogen-bond donors (Lipinski definition) is 1. The quantitative estimate of drug-likeness (QED) is 0.835. The van der Waals surface area contributed by atoms with Crippen LogP contribution in [0.15, 0.2) is 53.5 Å². The predicted octanol–water partition coefficient (Wildman–Crippen LogP) is 3.87. The molecule has 0 saturated carbocycles. The third-order valence-electron chi connectivity index (χ3n) is 4.99. The standard InChI is InChI=1S/C22H25N3O2S/c1-16(28-21-14-18-4-2-3-5-20(18)24-21)22(26)23-19-8-6-17(7-9-19)15-25-10-12-27-13-11-25/h2-9,16H,10-15H2,1H3,(H,23,26). The van der Waals surface area contributed by atoms with Crippen LogP contribution in [-0.2, 0) is 22.5 Å². The third kappa shape index (κ3) is 4.82. The minimum absolute atomic E-state index is 0.00425. The van der Waals surface area contributed by atoms with Crippen LogP contribution in [-0.4, -0.2) is 47.4 Å². The molecule has 0 bridgehead atoms. The lowest BCUT2D eigenvalue weighted by Gasteiger charge is -2.26. The molecular weight excluding hydrogens is 370 g/mol. The van der Waals surface area contributed by atoms with Gasteiger partial charge in [0, 0.05) is 31.7 Å². The van der Waals surface area contributed by atoms with E-state index in [4.69, 9.17) is 4.74 Å². The van der Waals surface area contributed by atoms with Gasteiger partial charge in [-0.25, -0.2) is 4.99 Å². The van der Waals surface area contributed by atoms with E-state index in [0.717, 1.165) is 55.7 Å². The first kappa shape index (κ1) is 19.2. The summed E-state index contributed by atoms with van der Waals surface area (Å²) in [6, 6.07) is 16.3. The van der Waals surface area contributed by atoms with Crippen molar-refractivity contribution in [2.45, 2.75) is 25.1 Å². The zero-order valence-electron chi connectivity index (χ0n) is 16.1. The van der Waals surface area contributed by atoms with E-state index in [9.17, 15) is 4.79 Å². The van der Waals surface area contributed by atoms with Gasteiger partial charge in [-0.3, -0.25) is 9.69 Å². The summed E-state index contributed by atoms with van der Waals surface area (Å²) in [7, 11) is 0. The Labute approximate surface area is 170 Å². The first-order valence-corrected chi connectivity index (χ1v) is 10.6. The van der Waals surface area contributed by atoms with Crippen molar-refractivity contribution in [1.82, 2.24) is 4.90 Å². The van der Waals surface area contributed by atoms with Crippen molar-refractivity contribution in [1.29, 1.82) is 0 Å². The predicted molar refractivity (Wildman–Crippen MR) is 115 cm³/mol. The van der Waals surface area contributed by atoms with Gasteiger partial charge in [0.25, 0.3) is 0 Å². The number of para-hydroxylation sites is 1. The van der Waals surface area contributed by atoms with Crippen molar-refractivity contribution in [3.8, 4) is 0 Å². The fourth-order valence-corrected chi connectivity index (χ4v) is 4.35. The highest BCUT2D eigenvalue weighted by molar-refractivity contribution is 8.15. The molecule has 28 heavy (non-hydrogen) atoms. The SMILES string of the molecule is CC(SC1=Nc2ccccc2C1)C(=O)Nc1ccc(CN2CCOCC2)cc1. The number of fused-ring (bicyclic) bond motifs is 1. The molecule has 1 atom stereocenters. The molecule has 0 spiro atoms. The average molecular weight is 396 g/mol. The highest BCUT2D eigenvalue weighted by atomic mass is 32.2. The second kappa shape index (κ2) is 8.90. The molecule has 6 heteroatoms. The highest BCUT2D eigenvalue weighted by Gasteiger charge is 2.21. The lowest BCUT2D eigenvalue weighted by Crippen LogP contribution is -2.35. The van der Waals surface area contributed by atoms with Crippen LogP contribution in [0.2, 0.25) is 0 Å². The maximum absolute atomic E-state index is 12.6. The monoisotopic (exact) mass is 395 g/mol. The minimum atomic E-state index is -0.193. The molecule has 1 N–H and O–H groups in total. The molecule has 1 amide bonds. The van der Waals surface area contributed by atoms with Crippen LogP contribution < -0.4 is 5.32 Å².